The number of aliphatic hydroxyl groups is 1. The van der Waals surface area contributed by atoms with Gasteiger partial charge in [0.05, 0.1) is 0 Å². The van der Waals surface area contributed by atoms with Crippen molar-refractivity contribution >= 4 is 17.3 Å². The van der Waals surface area contributed by atoms with Gasteiger partial charge in [-0.05, 0) is 44.3 Å². The second-order valence-corrected chi connectivity index (χ2v) is 6.43. The standard InChI is InChI=1S/C13H22N2OS/c16-13-9-5-2-6-10(13)12(14-11(17)15-13)7-3-1-4-8-12/h10,16H,1-9H2,(H2,14,15,17)/t10-,13-/m0/s1. The van der Waals surface area contributed by atoms with E-state index in [-0.39, 0.29) is 5.54 Å². The van der Waals surface area contributed by atoms with Gasteiger partial charge in [0.15, 0.2) is 5.11 Å². The Balaban J connectivity index is 1.93. The molecule has 96 valence electrons. The van der Waals surface area contributed by atoms with Crippen molar-refractivity contribution in [1.29, 1.82) is 0 Å². The molecule has 0 aromatic carbocycles. The molecule has 1 heterocycles. The third-order valence-corrected chi connectivity index (χ3v) is 5.19. The van der Waals surface area contributed by atoms with Gasteiger partial charge in [0.25, 0.3) is 0 Å². The number of nitrogens with one attached hydrogen (secondary N) is 2. The summed E-state index contributed by atoms with van der Waals surface area (Å²) in [6, 6.07) is 0. The Labute approximate surface area is 108 Å². The maximum Gasteiger partial charge on any atom is 0.168 e. The minimum absolute atomic E-state index is 0.0791. The largest absolute Gasteiger partial charge is 0.371 e. The smallest absolute Gasteiger partial charge is 0.168 e. The molecule has 0 amide bonds. The lowest BCUT2D eigenvalue weighted by molar-refractivity contribution is -0.113. The van der Waals surface area contributed by atoms with Crippen molar-refractivity contribution in [1.82, 2.24) is 10.6 Å². The van der Waals surface area contributed by atoms with Crippen LogP contribution in [0.15, 0.2) is 0 Å². The first-order valence-corrected chi connectivity index (χ1v) is 7.38. The van der Waals surface area contributed by atoms with E-state index in [1.54, 1.807) is 0 Å². The van der Waals surface area contributed by atoms with Crippen LogP contribution in [0.1, 0.15) is 57.8 Å². The number of fused-ring (bicyclic) bond motifs is 2. The zero-order valence-electron chi connectivity index (χ0n) is 10.3. The maximum atomic E-state index is 10.8. The quantitative estimate of drug-likeness (QED) is 0.579. The van der Waals surface area contributed by atoms with Crippen LogP contribution in [0.3, 0.4) is 0 Å². The fourth-order valence-electron chi connectivity index (χ4n) is 4.24. The molecule has 1 spiro atoms. The minimum Gasteiger partial charge on any atom is -0.371 e. The van der Waals surface area contributed by atoms with Crippen molar-refractivity contribution in [2.24, 2.45) is 5.92 Å². The summed E-state index contributed by atoms with van der Waals surface area (Å²) < 4.78 is 0. The summed E-state index contributed by atoms with van der Waals surface area (Å²) in [7, 11) is 0. The van der Waals surface area contributed by atoms with E-state index < -0.39 is 5.72 Å². The number of thiocarbonyl (C=S) groups is 1. The van der Waals surface area contributed by atoms with Crippen LogP contribution < -0.4 is 10.6 Å². The summed E-state index contributed by atoms with van der Waals surface area (Å²) >= 11 is 5.32. The molecule has 3 aliphatic rings. The van der Waals surface area contributed by atoms with Crippen molar-refractivity contribution in [3.63, 3.8) is 0 Å². The van der Waals surface area contributed by atoms with Crippen molar-refractivity contribution < 1.29 is 5.11 Å². The molecule has 0 bridgehead atoms. The molecule has 0 aromatic rings. The van der Waals surface area contributed by atoms with Crippen LogP contribution in [0.5, 0.6) is 0 Å². The Hall–Kier alpha value is -0.350. The van der Waals surface area contributed by atoms with Gasteiger partial charge in [-0.2, -0.15) is 0 Å². The third kappa shape index (κ3) is 1.85. The Bertz CT molecular complexity index is 327. The normalized spacial score (nSPS) is 40.3. The lowest BCUT2D eigenvalue weighted by Gasteiger charge is -2.57. The van der Waals surface area contributed by atoms with E-state index in [4.69, 9.17) is 12.2 Å². The molecule has 0 unspecified atom stereocenters. The first kappa shape index (κ1) is 11.7. The molecule has 4 heteroatoms. The summed E-state index contributed by atoms with van der Waals surface area (Å²) in [5.74, 6) is 0.329. The fraction of sp³-hybridized carbons (Fsp3) is 0.923. The Morgan fingerprint density at radius 2 is 1.71 bits per heavy atom. The highest BCUT2D eigenvalue weighted by atomic mass is 32.1. The zero-order valence-corrected chi connectivity index (χ0v) is 11.1. The van der Waals surface area contributed by atoms with Crippen molar-refractivity contribution in [2.75, 3.05) is 0 Å². The molecule has 1 aliphatic heterocycles. The summed E-state index contributed by atoms with van der Waals surface area (Å²) in [6.45, 7) is 0. The average molecular weight is 254 g/mol. The summed E-state index contributed by atoms with van der Waals surface area (Å²) in [5, 5.41) is 18.2. The molecular weight excluding hydrogens is 232 g/mol. The highest BCUT2D eigenvalue weighted by Gasteiger charge is 2.55. The molecule has 3 nitrogen and oxygen atoms in total. The van der Waals surface area contributed by atoms with Gasteiger partial charge in [-0.25, -0.2) is 0 Å². The molecule has 2 atom stereocenters. The first-order valence-electron chi connectivity index (χ1n) is 6.97. The minimum atomic E-state index is -0.738. The van der Waals surface area contributed by atoms with Gasteiger partial charge in [0, 0.05) is 11.5 Å². The van der Waals surface area contributed by atoms with E-state index in [0.29, 0.717) is 11.0 Å². The molecule has 0 aromatic heterocycles. The number of rotatable bonds is 0. The summed E-state index contributed by atoms with van der Waals surface area (Å²) in [5.41, 5.74) is -0.659. The molecule has 0 radical (unpaired) electrons. The van der Waals surface area contributed by atoms with Gasteiger partial charge in [-0.1, -0.05) is 25.7 Å². The second-order valence-electron chi connectivity index (χ2n) is 6.02. The lowest BCUT2D eigenvalue weighted by Crippen LogP contribution is -2.74. The summed E-state index contributed by atoms with van der Waals surface area (Å²) in [6.07, 6.45) is 10.5. The average Bonchev–Trinajstić information content (AvgIpc) is 2.28. The van der Waals surface area contributed by atoms with Gasteiger partial charge in [-0.3, -0.25) is 0 Å². The van der Waals surface area contributed by atoms with Gasteiger partial charge in [-0.15, -0.1) is 0 Å². The summed E-state index contributed by atoms with van der Waals surface area (Å²) in [4.78, 5) is 0. The molecule has 3 fully saturated rings. The molecule has 2 saturated carbocycles. The van der Waals surface area contributed by atoms with Gasteiger partial charge < -0.3 is 15.7 Å². The topological polar surface area (TPSA) is 44.3 Å². The first-order chi connectivity index (χ1) is 8.15. The second kappa shape index (κ2) is 4.09. The van der Waals surface area contributed by atoms with Crippen molar-refractivity contribution in [3.8, 4) is 0 Å². The fourth-order valence-corrected chi connectivity index (χ4v) is 4.62. The van der Waals surface area contributed by atoms with E-state index in [1.807, 2.05) is 0 Å². The predicted octanol–water partition coefficient (Wildman–Crippen LogP) is 2.05. The van der Waals surface area contributed by atoms with Crippen LogP contribution in [-0.4, -0.2) is 21.5 Å². The highest BCUT2D eigenvalue weighted by molar-refractivity contribution is 7.80. The third-order valence-electron chi connectivity index (χ3n) is 4.98. The van der Waals surface area contributed by atoms with E-state index in [9.17, 15) is 5.11 Å². The Morgan fingerprint density at radius 3 is 2.47 bits per heavy atom. The van der Waals surface area contributed by atoms with Gasteiger partial charge >= 0.3 is 0 Å². The zero-order chi connectivity index (χ0) is 11.9. The molecule has 1 saturated heterocycles. The van der Waals surface area contributed by atoms with E-state index >= 15 is 0 Å². The molecule has 3 N–H and O–H groups in total. The van der Waals surface area contributed by atoms with E-state index in [2.05, 4.69) is 10.6 Å². The van der Waals surface area contributed by atoms with E-state index in [1.165, 1.54) is 38.5 Å². The van der Waals surface area contributed by atoms with Gasteiger partial charge in [0.1, 0.15) is 5.72 Å². The van der Waals surface area contributed by atoms with Crippen LogP contribution in [0.2, 0.25) is 0 Å². The SMILES string of the molecule is O[C@@]12CCCC[C@H]1C1(CCCCC1)NC(=S)N2. The Morgan fingerprint density at radius 1 is 1.00 bits per heavy atom. The molecule has 17 heavy (non-hydrogen) atoms. The maximum absolute atomic E-state index is 10.8. The van der Waals surface area contributed by atoms with Gasteiger partial charge in [0.2, 0.25) is 0 Å². The van der Waals surface area contributed by atoms with Crippen LogP contribution in [-0.2, 0) is 0 Å². The van der Waals surface area contributed by atoms with Crippen LogP contribution in [0.25, 0.3) is 0 Å². The predicted molar refractivity (Wildman–Crippen MR) is 71.6 cm³/mol. The number of hydrogen-bond acceptors (Lipinski definition) is 2. The Kier molecular flexibility index (Phi) is 2.82. The van der Waals surface area contributed by atoms with Crippen molar-refractivity contribution in [3.05, 3.63) is 0 Å². The molecular formula is C13H22N2OS. The number of hydrogen-bond donors (Lipinski definition) is 3. The molecule has 3 rings (SSSR count). The van der Waals surface area contributed by atoms with Crippen LogP contribution >= 0.6 is 12.2 Å². The monoisotopic (exact) mass is 254 g/mol. The van der Waals surface area contributed by atoms with Crippen LogP contribution in [0, 0.1) is 5.92 Å². The highest BCUT2D eigenvalue weighted by Crippen LogP contribution is 2.47. The van der Waals surface area contributed by atoms with Crippen LogP contribution in [0.4, 0.5) is 0 Å². The lowest BCUT2D eigenvalue weighted by atomic mass is 9.63. The molecule has 2 aliphatic carbocycles. The van der Waals surface area contributed by atoms with Crippen molar-refractivity contribution in [2.45, 2.75) is 69.1 Å². The van der Waals surface area contributed by atoms with E-state index in [0.717, 1.165) is 19.3 Å².